The van der Waals surface area contributed by atoms with E-state index in [1.165, 1.54) is 0 Å². The molecular formula is C15H24N2O3. The van der Waals surface area contributed by atoms with Crippen molar-refractivity contribution in [3.8, 4) is 0 Å². The Bertz CT molecular complexity index is 412. The number of likely N-dealkylation sites (tertiary alicyclic amines) is 2. The van der Waals surface area contributed by atoms with Gasteiger partial charge in [0.1, 0.15) is 6.04 Å². The molecule has 3 fully saturated rings. The number of rotatable bonds is 2. The van der Waals surface area contributed by atoms with Gasteiger partial charge in [0.2, 0.25) is 0 Å². The van der Waals surface area contributed by atoms with Gasteiger partial charge in [-0.3, -0.25) is 0 Å². The number of carbonyl (C=O) groups is 2. The fourth-order valence-corrected chi connectivity index (χ4v) is 4.50. The third-order valence-corrected chi connectivity index (χ3v) is 5.48. The first-order chi connectivity index (χ1) is 9.63. The maximum atomic E-state index is 12.8. The molecule has 20 heavy (non-hydrogen) atoms. The van der Waals surface area contributed by atoms with Gasteiger partial charge in [0, 0.05) is 19.1 Å². The third kappa shape index (κ3) is 2.07. The predicted octanol–water partition coefficient (Wildman–Crippen LogP) is 2.17. The summed E-state index contributed by atoms with van der Waals surface area (Å²) in [6.45, 7) is 3.53. The van der Waals surface area contributed by atoms with Crippen molar-refractivity contribution in [2.24, 2.45) is 11.8 Å². The number of urea groups is 1. The van der Waals surface area contributed by atoms with Crippen LogP contribution < -0.4 is 0 Å². The molecular weight excluding hydrogens is 256 g/mol. The highest BCUT2D eigenvalue weighted by molar-refractivity contribution is 5.84. The van der Waals surface area contributed by atoms with Gasteiger partial charge in [-0.05, 0) is 43.9 Å². The predicted molar refractivity (Wildman–Crippen MR) is 74.4 cm³/mol. The molecule has 0 aromatic heterocycles. The molecule has 0 bridgehead atoms. The van der Waals surface area contributed by atoms with Crippen LogP contribution >= 0.6 is 0 Å². The molecule has 0 aromatic carbocycles. The summed E-state index contributed by atoms with van der Waals surface area (Å²) in [7, 11) is 0. The summed E-state index contributed by atoms with van der Waals surface area (Å²) < 4.78 is 0. The molecule has 2 heterocycles. The minimum atomic E-state index is -0.819. The third-order valence-electron chi connectivity index (χ3n) is 5.48. The van der Waals surface area contributed by atoms with E-state index in [4.69, 9.17) is 0 Å². The Hall–Kier alpha value is -1.26. The lowest BCUT2D eigenvalue weighted by molar-refractivity contribution is -0.142. The maximum absolute atomic E-state index is 12.8. The van der Waals surface area contributed by atoms with Crippen molar-refractivity contribution in [2.75, 3.05) is 13.1 Å². The molecule has 1 N–H and O–H groups in total. The Kier molecular flexibility index (Phi) is 3.61. The Morgan fingerprint density at radius 1 is 1.15 bits per heavy atom. The fourth-order valence-electron chi connectivity index (χ4n) is 4.50. The number of carboxylic acids is 1. The van der Waals surface area contributed by atoms with Crippen molar-refractivity contribution in [3.63, 3.8) is 0 Å². The van der Waals surface area contributed by atoms with Crippen LogP contribution in [0.5, 0.6) is 0 Å². The number of hydrogen-bond acceptors (Lipinski definition) is 2. The molecule has 5 heteroatoms. The molecule has 1 aliphatic carbocycles. The summed E-state index contributed by atoms with van der Waals surface area (Å²) in [6, 6.07) is -0.318. The number of amides is 2. The van der Waals surface area contributed by atoms with Gasteiger partial charge in [0.15, 0.2) is 0 Å². The second-order valence-corrected chi connectivity index (χ2v) is 6.47. The second-order valence-electron chi connectivity index (χ2n) is 6.47. The number of aliphatic carboxylic acids is 1. The van der Waals surface area contributed by atoms with E-state index in [9.17, 15) is 14.7 Å². The van der Waals surface area contributed by atoms with E-state index >= 15 is 0 Å². The van der Waals surface area contributed by atoms with Gasteiger partial charge in [-0.25, -0.2) is 9.59 Å². The highest BCUT2D eigenvalue weighted by atomic mass is 16.4. The molecule has 2 saturated heterocycles. The Balaban J connectivity index is 1.78. The molecule has 0 aromatic rings. The van der Waals surface area contributed by atoms with E-state index in [1.54, 1.807) is 4.90 Å². The number of hydrogen-bond donors (Lipinski definition) is 1. The first-order valence-corrected chi connectivity index (χ1v) is 7.93. The molecule has 2 amide bonds. The van der Waals surface area contributed by atoms with E-state index in [0.717, 1.165) is 45.1 Å². The molecule has 3 rings (SSSR count). The molecule has 1 saturated carbocycles. The Morgan fingerprint density at radius 3 is 2.65 bits per heavy atom. The van der Waals surface area contributed by atoms with Gasteiger partial charge >= 0.3 is 12.0 Å². The van der Waals surface area contributed by atoms with Crippen LogP contribution in [0.15, 0.2) is 0 Å². The highest BCUT2D eigenvalue weighted by Gasteiger charge is 2.51. The van der Waals surface area contributed by atoms with Crippen LogP contribution in [-0.2, 0) is 4.79 Å². The number of nitrogens with zero attached hydrogens (tertiary/aromatic N) is 2. The molecule has 0 spiro atoms. The molecule has 0 radical (unpaired) electrons. The average molecular weight is 280 g/mol. The van der Waals surface area contributed by atoms with Crippen LogP contribution in [0.25, 0.3) is 0 Å². The zero-order valence-corrected chi connectivity index (χ0v) is 12.1. The van der Waals surface area contributed by atoms with Crippen molar-refractivity contribution in [1.29, 1.82) is 0 Å². The van der Waals surface area contributed by atoms with Gasteiger partial charge in [0.05, 0.1) is 0 Å². The van der Waals surface area contributed by atoms with E-state index in [1.807, 2.05) is 4.90 Å². The van der Waals surface area contributed by atoms with E-state index in [-0.39, 0.29) is 11.9 Å². The summed E-state index contributed by atoms with van der Waals surface area (Å²) >= 11 is 0. The Morgan fingerprint density at radius 2 is 1.95 bits per heavy atom. The zero-order chi connectivity index (χ0) is 14.3. The molecule has 5 nitrogen and oxygen atoms in total. The molecule has 112 valence electrons. The largest absolute Gasteiger partial charge is 0.480 e. The molecule has 3 aliphatic rings. The zero-order valence-electron chi connectivity index (χ0n) is 12.1. The van der Waals surface area contributed by atoms with Crippen LogP contribution in [0.1, 0.15) is 45.4 Å². The quantitative estimate of drug-likeness (QED) is 0.843. The lowest BCUT2D eigenvalue weighted by Crippen LogP contribution is -2.50. The summed E-state index contributed by atoms with van der Waals surface area (Å²) in [6.07, 6.45) is 6.22. The lowest BCUT2D eigenvalue weighted by Gasteiger charge is -2.32. The monoisotopic (exact) mass is 280 g/mol. The van der Waals surface area contributed by atoms with Crippen molar-refractivity contribution in [3.05, 3.63) is 0 Å². The van der Waals surface area contributed by atoms with Crippen molar-refractivity contribution in [2.45, 2.75) is 57.5 Å². The van der Waals surface area contributed by atoms with Gasteiger partial charge in [-0.15, -0.1) is 0 Å². The van der Waals surface area contributed by atoms with Crippen LogP contribution in [0.2, 0.25) is 0 Å². The standard InChI is InChI=1S/C15H24N2O3/c1-2-11-6-4-8-16(11)15(20)17-9-10-5-3-7-12(10)13(17)14(18)19/h10-13H,2-9H2,1H3,(H,18,19). The van der Waals surface area contributed by atoms with Gasteiger partial charge < -0.3 is 14.9 Å². The van der Waals surface area contributed by atoms with Gasteiger partial charge in [0.25, 0.3) is 0 Å². The normalized spacial score (nSPS) is 36.5. The number of fused-ring (bicyclic) bond motifs is 1. The summed E-state index contributed by atoms with van der Waals surface area (Å²) in [4.78, 5) is 27.9. The minimum Gasteiger partial charge on any atom is -0.480 e. The summed E-state index contributed by atoms with van der Waals surface area (Å²) in [5, 5.41) is 9.53. The van der Waals surface area contributed by atoms with Crippen LogP contribution in [0.4, 0.5) is 4.79 Å². The van der Waals surface area contributed by atoms with E-state index in [2.05, 4.69) is 6.92 Å². The maximum Gasteiger partial charge on any atom is 0.326 e. The SMILES string of the molecule is CCC1CCCN1C(=O)N1CC2CCCC2C1C(=O)O. The molecule has 4 atom stereocenters. The van der Waals surface area contributed by atoms with Gasteiger partial charge in [-0.2, -0.15) is 0 Å². The Labute approximate surface area is 119 Å². The fraction of sp³-hybridized carbons (Fsp3) is 0.867. The van der Waals surface area contributed by atoms with Crippen molar-refractivity contribution in [1.82, 2.24) is 9.80 Å². The van der Waals surface area contributed by atoms with Crippen LogP contribution in [0, 0.1) is 11.8 Å². The molecule has 4 unspecified atom stereocenters. The average Bonchev–Trinajstić information content (AvgIpc) is 3.11. The topological polar surface area (TPSA) is 60.9 Å². The highest BCUT2D eigenvalue weighted by Crippen LogP contribution is 2.43. The number of carboxylic acid groups (broad SMARTS) is 1. The minimum absolute atomic E-state index is 0.0313. The van der Waals surface area contributed by atoms with E-state index in [0.29, 0.717) is 18.5 Å². The smallest absolute Gasteiger partial charge is 0.326 e. The molecule has 2 aliphatic heterocycles. The summed E-state index contributed by atoms with van der Waals surface area (Å²) in [5.41, 5.74) is 0. The first-order valence-electron chi connectivity index (χ1n) is 7.93. The van der Waals surface area contributed by atoms with Crippen molar-refractivity contribution < 1.29 is 14.7 Å². The first kappa shape index (κ1) is 13.7. The van der Waals surface area contributed by atoms with Crippen LogP contribution in [0.3, 0.4) is 0 Å². The second kappa shape index (κ2) is 5.26. The van der Waals surface area contributed by atoms with Gasteiger partial charge in [-0.1, -0.05) is 13.3 Å². The van der Waals surface area contributed by atoms with Crippen LogP contribution in [-0.4, -0.2) is 52.1 Å². The van der Waals surface area contributed by atoms with E-state index < -0.39 is 12.0 Å². The number of carbonyl (C=O) groups excluding carboxylic acids is 1. The summed E-state index contributed by atoms with van der Waals surface area (Å²) in [5.74, 6) is -0.234. The van der Waals surface area contributed by atoms with Crippen molar-refractivity contribution >= 4 is 12.0 Å². The lowest BCUT2D eigenvalue weighted by atomic mass is 9.94.